The van der Waals surface area contributed by atoms with E-state index in [2.05, 4.69) is 5.32 Å². The van der Waals surface area contributed by atoms with Gasteiger partial charge in [0.2, 0.25) is 5.91 Å². The van der Waals surface area contributed by atoms with Gasteiger partial charge in [0.05, 0.1) is 19.8 Å². The highest BCUT2D eigenvalue weighted by molar-refractivity contribution is 5.94. The third-order valence-corrected chi connectivity index (χ3v) is 4.10. The van der Waals surface area contributed by atoms with Gasteiger partial charge in [-0.2, -0.15) is 0 Å². The lowest BCUT2D eigenvalue weighted by atomic mass is 10.1. The fourth-order valence-corrected chi connectivity index (χ4v) is 2.65. The number of hydrogen-bond acceptors (Lipinski definition) is 4. The largest absolute Gasteiger partial charge is 0.497 e. The van der Waals surface area contributed by atoms with E-state index in [0.29, 0.717) is 30.5 Å². The lowest BCUT2D eigenvalue weighted by Gasteiger charge is -2.11. The molecule has 0 bridgehead atoms. The van der Waals surface area contributed by atoms with Crippen molar-refractivity contribution in [1.29, 1.82) is 0 Å². The fraction of sp³-hybridized carbons (Fsp3) is 0.300. The van der Waals surface area contributed by atoms with Crippen LogP contribution < -0.4 is 14.8 Å². The number of hydrogen-bond donors (Lipinski definition) is 2. The Bertz CT molecular complexity index is 801. The minimum Gasteiger partial charge on any atom is -0.497 e. The average molecular weight is 357 g/mol. The third kappa shape index (κ3) is 4.99. The van der Waals surface area contributed by atoms with Gasteiger partial charge in [-0.05, 0) is 49.1 Å². The van der Waals surface area contributed by atoms with Crippen LogP contribution in [-0.4, -0.2) is 31.2 Å². The van der Waals surface area contributed by atoms with Gasteiger partial charge in [-0.15, -0.1) is 0 Å². The molecule has 0 heterocycles. The number of methoxy groups -OCH3 is 2. The van der Waals surface area contributed by atoms with Gasteiger partial charge in [0.25, 0.3) is 0 Å². The van der Waals surface area contributed by atoms with Gasteiger partial charge in [0.15, 0.2) is 0 Å². The molecular formula is C20H23NO5. The molecule has 0 aliphatic rings. The van der Waals surface area contributed by atoms with E-state index in [-0.39, 0.29) is 11.5 Å². The summed E-state index contributed by atoms with van der Waals surface area (Å²) in [6, 6.07) is 10.5. The summed E-state index contributed by atoms with van der Waals surface area (Å²) >= 11 is 0. The van der Waals surface area contributed by atoms with Crippen LogP contribution in [0.15, 0.2) is 36.4 Å². The van der Waals surface area contributed by atoms with Gasteiger partial charge in [0, 0.05) is 18.2 Å². The summed E-state index contributed by atoms with van der Waals surface area (Å²) in [6.07, 6.45) is 1.66. The molecule has 2 aromatic carbocycles. The Morgan fingerprint density at radius 2 is 1.85 bits per heavy atom. The van der Waals surface area contributed by atoms with E-state index in [9.17, 15) is 9.59 Å². The maximum Gasteiger partial charge on any atom is 0.336 e. The number of carbonyl (C=O) groups is 2. The molecule has 1 amide bonds. The monoisotopic (exact) mass is 357 g/mol. The second-order valence-electron chi connectivity index (χ2n) is 5.91. The topological polar surface area (TPSA) is 84.9 Å². The molecule has 6 heteroatoms. The molecule has 0 radical (unpaired) electrons. The van der Waals surface area contributed by atoms with Crippen LogP contribution in [-0.2, 0) is 11.2 Å². The molecule has 0 aromatic heterocycles. The molecule has 0 spiro atoms. The molecule has 0 aliphatic carbocycles. The van der Waals surface area contributed by atoms with Gasteiger partial charge in [-0.1, -0.05) is 12.1 Å². The minimum atomic E-state index is -1.01. The summed E-state index contributed by atoms with van der Waals surface area (Å²) < 4.78 is 10.5. The number of benzene rings is 2. The predicted molar refractivity (Wildman–Crippen MR) is 99.3 cm³/mol. The van der Waals surface area contributed by atoms with Crippen molar-refractivity contribution in [2.45, 2.75) is 26.2 Å². The van der Waals surface area contributed by atoms with Crippen molar-refractivity contribution in [3.05, 3.63) is 53.1 Å². The molecule has 0 atom stereocenters. The van der Waals surface area contributed by atoms with E-state index >= 15 is 0 Å². The van der Waals surface area contributed by atoms with E-state index < -0.39 is 5.97 Å². The van der Waals surface area contributed by atoms with Crippen molar-refractivity contribution in [2.24, 2.45) is 0 Å². The highest BCUT2D eigenvalue weighted by Crippen LogP contribution is 2.26. The molecule has 0 fully saturated rings. The molecule has 138 valence electrons. The first-order valence-electron chi connectivity index (χ1n) is 8.29. The number of ether oxygens (including phenoxy) is 2. The number of carboxylic acid groups (broad SMARTS) is 1. The Morgan fingerprint density at radius 1 is 1.08 bits per heavy atom. The zero-order valence-corrected chi connectivity index (χ0v) is 15.2. The first kappa shape index (κ1) is 19.3. The van der Waals surface area contributed by atoms with Crippen molar-refractivity contribution in [3.8, 4) is 11.5 Å². The summed E-state index contributed by atoms with van der Waals surface area (Å²) in [5.74, 6) is 0.286. The predicted octanol–water partition coefficient (Wildman–Crippen LogP) is 3.67. The SMILES string of the molecule is COc1ccc(CCCC(=O)Nc2ccc(C)c(C(=O)O)c2)c(OC)c1. The van der Waals surface area contributed by atoms with Crippen LogP contribution in [0.1, 0.15) is 34.3 Å². The number of amides is 1. The summed E-state index contributed by atoms with van der Waals surface area (Å²) in [7, 11) is 3.20. The second kappa shape index (κ2) is 8.89. The van der Waals surface area contributed by atoms with E-state index in [4.69, 9.17) is 14.6 Å². The lowest BCUT2D eigenvalue weighted by Crippen LogP contribution is -2.12. The van der Waals surface area contributed by atoms with Crippen LogP contribution in [0.25, 0.3) is 0 Å². The number of carboxylic acids is 1. The Balaban J connectivity index is 1.92. The van der Waals surface area contributed by atoms with E-state index in [1.54, 1.807) is 33.3 Å². The Hall–Kier alpha value is -3.02. The molecule has 26 heavy (non-hydrogen) atoms. The van der Waals surface area contributed by atoms with Crippen molar-refractivity contribution in [3.63, 3.8) is 0 Å². The summed E-state index contributed by atoms with van der Waals surface area (Å²) in [5.41, 5.74) is 2.33. The maximum absolute atomic E-state index is 12.1. The smallest absolute Gasteiger partial charge is 0.336 e. The highest BCUT2D eigenvalue weighted by atomic mass is 16.5. The first-order valence-corrected chi connectivity index (χ1v) is 8.29. The Kier molecular flexibility index (Phi) is 6.60. The van der Waals surface area contributed by atoms with Crippen LogP contribution in [0.3, 0.4) is 0 Å². The molecule has 0 aliphatic heterocycles. The van der Waals surface area contributed by atoms with Crippen LogP contribution in [0.4, 0.5) is 5.69 Å². The summed E-state index contributed by atoms with van der Waals surface area (Å²) in [4.78, 5) is 23.3. The van der Waals surface area contributed by atoms with Crippen molar-refractivity contribution in [2.75, 3.05) is 19.5 Å². The fourth-order valence-electron chi connectivity index (χ4n) is 2.65. The molecule has 6 nitrogen and oxygen atoms in total. The Labute approximate surface area is 152 Å². The molecular weight excluding hydrogens is 334 g/mol. The van der Waals surface area contributed by atoms with E-state index in [0.717, 1.165) is 17.1 Å². The number of aromatic carboxylic acids is 1. The molecule has 2 N–H and O–H groups in total. The van der Waals surface area contributed by atoms with Gasteiger partial charge >= 0.3 is 5.97 Å². The average Bonchev–Trinajstić information content (AvgIpc) is 2.63. The maximum atomic E-state index is 12.1. The zero-order chi connectivity index (χ0) is 19.1. The molecule has 0 unspecified atom stereocenters. The summed E-state index contributed by atoms with van der Waals surface area (Å²) in [6.45, 7) is 1.72. The normalized spacial score (nSPS) is 10.3. The molecule has 2 rings (SSSR count). The van der Waals surface area contributed by atoms with E-state index in [1.807, 2.05) is 18.2 Å². The molecule has 0 saturated carbocycles. The van der Waals surface area contributed by atoms with Crippen LogP contribution in [0, 0.1) is 6.92 Å². The quantitative estimate of drug-likeness (QED) is 0.753. The molecule has 2 aromatic rings. The lowest BCUT2D eigenvalue weighted by molar-refractivity contribution is -0.116. The van der Waals surface area contributed by atoms with Crippen molar-refractivity contribution < 1.29 is 24.2 Å². The van der Waals surface area contributed by atoms with Gasteiger partial charge < -0.3 is 19.9 Å². The first-order chi connectivity index (χ1) is 12.4. The van der Waals surface area contributed by atoms with Gasteiger partial charge in [-0.3, -0.25) is 4.79 Å². The number of anilines is 1. The zero-order valence-electron chi connectivity index (χ0n) is 15.2. The van der Waals surface area contributed by atoms with Crippen LogP contribution in [0.5, 0.6) is 11.5 Å². The second-order valence-corrected chi connectivity index (χ2v) is 5.91. The van der Waals surface area contributed by atoms with Crippen molar-refractivity contribution in [1.82, 2.24) is 0 Å². The van der Waals surface area contributed by atoms with Crippen LogP contribution in [0.2, 0.25) is 0 Å². The minimum absolute atomic E-state index is 0.155. The van der Waals surface area contributed by atoms with Gasteiger partial charge in [0.1, 0.15) is 11.5 Å². The summed E-state index contributed by atoms with van der Waals surface area (Å²) in [5, 5.41) is 11.9. The van der Waals surface area contributed by atoms with Gasteiger partial charge in [-0.25, -0.2) is 4.79 Å². The number of aryl methyl sites for hydroxylation is 2. The standard InChI is InChI=1S/C20H23NO5/c1-13-7-9-15(11-17(13)20(23)24)21-19(22)6-4-5-14-8-10-16(25-2)12-18(14)26-3/h7-12H,4-6H2,1-3H3,(H,21,22)(H,23,24). The Morgan fingerprint density at radius 3 is 2.50 bits per heavy atom. The van der Waals surface area contributed by atoms with Crippen molar-refractivity contribution >= 4 is 17.6 Å². The highest BCUT2D eigenvalue weighted by Gasteiger charge is 2.10. The van der Waals surface area contributed by atoms with Crippen LogP contribution >= 0.6 is 0 Å². The number of rotatable bonds is 8. The third-order valence-electron chi connectivity index (χ3n) is 4.10. The number of carbonyl (C=O) groups excluding carboxylic acids is 1. The number of nitrogens with one attached hydrogen (secondary N) is 1. The van der Waals surface area contributed by atoms with E-state index in [1.165, 1.54) is 6.07 Å². The molecule has 0 saturated heterocycles.